The minimum absolute atomic E-state index is 0.0271. The van der Waals surface area contributed by atoms with Crippen LogP contribution in [0, 0.1) is 0 Å². The first kappa shape index (κ1) is 13.7. The van der Waals surface area contributed by atoms with Gasteiger partial charge in [0.25, 0.3) is 0 Å². The Hall–Kier alpha value is -2.29. The third kappa shape index (κ3) is 2.77. The predicted octanol–water partition coefficient (Wildman–Crippen LogP) is 3.79. The first-order valence-corrected chi connectivity index (χ1v) is 7.39. The molecule has 1 aliphatic rings. The molecule has 0 saturated carbocycles. The molecular formula is C18H20N2O. The molecule has 2 aromatic rings. The average Bonchev–Trinajstić information content (AvgIpc) is 2.91. The third-order valence-corrected chi connectivity index (χ3v) is 3.93. The second kappa shape index (κ2) is 5.60. The summed E-state index contributed by atoms with van der Waals surface area (Å²) in [6.07, 6.45) is 0.742. The Labute approximate surface area is 125 Å². The Morgan fingerprint density at radius 2 is 1.86 bits per heavy atom. The maximum Gasteiger partial charge on any atom is 0.247 e. The van der Waals surface area contributed by atoms with Crippen LogP contribution in [0.1, 0.15) is 30.9 Å². The number of amides is 1. The van der Waals surface area contributed by atoms with Gasteiger partial charge in [-0.15, -0.1) is 0 Å². The van der Waals surface area contributed by atoms with E-state index in [1.165, 1.54) is 11.1 Å². The van der Waals surface area contributed by atoms with E-state index in [1.807, 2.05) is 36.4 Å². The first-order valence-electron chi connectivity index (χ1n) is 7.39. The molecule has 2 N–H and O–H groups in total. The lowest BCUT2D eigenvalue weighted by Crippen LogP contribution is -2.33. The zero-order valence-electron chi connectivity index (χ0n) is 12.4. The van der Waals surface area contributed by atoms with Crippen LogP contribution in [0.25, 0.3) is 0 Å². The minimum atomic E-state index is -0.192. The minimum Gasteiger partial charge on any atom is -0.373 e. The van der Waals surface area contributed by atoms with E-state index in [4.69, 9.17) is 0 Å². The summed E-state index contributed by atoms with van der Waals surface area (Å²) in [5.41, 5.74) is 4.35. The van der Waals surface area contributed by atoms with Crippen LogP contribution in [-0.2, 0) is 11.2 Å². The molecule has 0 spiro atoms. The van der Waals surface area contributed by atoms with Gasteiger partial charge >= 0.3 is 0 Å². The van der Waals surface area contributed by atoms with Gasteiger partial charge in [-0.3, -0.25) is 4.79 Å². The molecule has 0 fully saturated rings. The lowest BCUT2D eigenvalue weighted by molar-refractivity contribution is -0.116. The fourth-order valence-electron chi connectivity index (χ4n) is 2.79. The second-order valence-electron chi connectivity index (χ2n) is 5.79. The number of carbonyl (C=O) groups excluding carboxylic acids is 1. The van der Waals surface area contributed by atoms with Crippen molar-refractivity contribution in [1.29, 1.82) is 0 Å². The van der Waals surface area contributed by atoms with Crippen molar-refractivity contribution in [2.24, 2.45) is 0 Å². The summed E-state index contributed by atoms with van der Waals surface area (Å²) in [6, 6.07) is 15.9. The van der Waals surface area contributed by atoms with E-state index in [1.54, 1.807) is 0 Å². The van der Waals surface area contributed by atoms with E-state index in [0.29, 0.717) is 5.92 Å². The molecule has 1 aliphatic heterocycles. The van der Waals surface area contributed by atoms with Crippen molar-refractivity contribution in [1.82, 2.24) is 0 Å². The van der Waals surface area contributed by atoms with Gasteiger partial charge in [0.2, 0.25) is 5.91 Å². The van der Waals surface area contributed by atoms with Crippen molar-refractivity contribution in [2.45, 2.75) is 32.2 Å². The van der Waals surface area contributed by atoms with Gasteiger partial charge < -0.3 is 10.6 Å². The number of fused-ring (bicyclic) bond motifs is 1. The van der Waals surface area contributed by atoms with E-state index < -0.39 is 0 Å². The molecule has 1 heterocycles. The van der Waals surface area contributed by atoms with Gasteiger partial charge in [0.1, 0.15) is 6.04 Å². The standard InChI is InChI=1S/C18H20N2O/c1-12(2)14-8-4-6-10-16(14)20-18(21)17-11-13-7-3-5-9-15(13)19-17/h3-10,12,17,19H,11H2,1-2H3,(H,20,21)/t17-/m0/s1. The quantitative estimate of drug-likeness (QED) is 0.898. The van der Waals surface area contributed by atoms with Crippen molar-refractivity contribution in [3.8, 4) is 0 Å². The maximum atomic E-state index is 12.5. The highest BCUT2D eigenvalue weighted by atomic mass is 16.2. The zero-order chi connectivity index (χ0) is 14.8. The van der Waals surface area contributed by atoms with Gasteiger partial charge in [0, 0.05) is 17.8 Å². The number of hydrogen-bond donors (Lipinski definition) is 2. The van der Waals surface area contributed by atoms with E-state index in [9.17, 15) is 4.79 Å². The fourth-order valence-corrected chi connectivity index (χ4v) is 2.79. The number of rotatable bonds is 3. The van der Waals surface area contributed by atoms with E-state index in [2.05, 4.69) is 36.6 Å². The number of carbonyl (C=O) groups is 1. The van der Waals surface area contributed by atoms with Crippen molar-refractivity contribution >= 4 is 17.3 Å². The summed E-state index contributed by atoms with van der Waals surface area (Å²) in [4.78, 5) is 12.5. The Bertz CT molecular complexity index is 639. The van der Waals surface area contributed by atoms with Crippen molar-refractivity contribution in [3.63, 3.8) is 0 Å². The first-order chi connectivity index (χ1) is 10.1. The highest BCUT2D eigenvalue weighted by Gasteiger charge is 2.26. The average molecular weight is 280 g/mol. The van der Waals surface area contributed by atoms with Gasteiger partial charge in [-0.2, -0.15) is 0 Å². The monoisotopic (exact) mass is 280 g/mol. The molecule has 108 valence electrons. The van der Waals surface area contributed by atoms with E-state index in [-0.39, 0.29) is 11.9 Å². The van der Waals surface area contributed by atoms with Crippen LogP contribution in [-0.4, -0.2) is 11.9 Å². The Balaban J connectivity index is 1.74. The molecule has 0 aliphatic carbocycles. The number of benzene rings is 2. The number of anilines is 2. The number of para-hydroxylation sites is 2. The lowest BCUT2D eigenvalue weighted by atomic mass is 10.0. The van der Waals surface area contributed by atoms with Crippen LogP contribution in [0.3, 0.4) is 0 Å². The Morgan fingerprint density at radius 3 is 2.62 bits per heavy atom. The topological polar surface area (TPSA) is 41.1 Å². The molecule has 0 saturated heterocycles. The molecular weight excluding hydrogens is 260 g/mol. The van der Waals surface area contributed by atoms with Crippen LogP contribution >= 0.6 is 0 Å². The van der Waals surface area contributed by atoms with E-state index in [0.717, 1.165) is 17.8 Å². The summed E-state index contributed by atoms with van der Waals surface area (Å²) < 4.78 is 0. The molecule has 21 heavy (non-hydrogen) atoms. The van der Waals surface area contributed by atoms with Gasteiger partial charge in [-0.05, 0) is 29.2 Å². The van der Waals surface area contributed by atoms with Crippen LogP contribution in [0.5, 0.6) is 0 Å². The number of nitrogens with one attached hydrogen (secondary N) is 2. The second-order valence-corrected chi connectivity index (χ2v) is 5.79. The Kier molecular flexibility index (Phi) is 3.65. The maximum absolute atomic E-state index is 12.5. The largest absolute Gasteiger partial charge is 0.373 e. The predicted molar refractivity (Wildman–Crippen MR) is 86.7 cm³/mol. The molecule has 0 radical (unpaired) electrons. The summed E-state index contributed by atoms with van der Waals surface area (Å²) >= 11 is 0. The SMILES string of the molecule is CC(C)c1ccccc1NC(=O)[C@@H]1Cc2ccccc2N1. The van der Waals surface area contributed by atoms with E-state index >= 15 is 0 Å². The van der Waals surface area contributed by atoms with Crippen molar-refractivity contribution < 1.29 is 4.79 Å². The normalized spacial score (nSPS) is 16.4. The zero-order valence-corrected chi connectivity index (χ0v) is 12.4. The number of hydrogen-bond acceptors (Lipinski definition) is 2. The van der Waals surface area contributed by atoms with Gasteiger partial charge in [0.15, 0.2) is 0 Å². The van der Waals surface area contributed by atoms with Crippen LogP contribution in [0.15, 0.2) is 48.5 Å². The Morgan fingerprint density at radius 1 is 1.14 bits per heavy atom. The summed E-state index contributed by atoms with van der Waals surface area (Å²) in [5.74, 6) is 0.412. The molecule has 1 atom stereocenters. The highest BCUT2D eigenvalue weighted by Crippen LogP contribution is 2.27. The summed E-state index contributed by atoms with van der Waals surface area (Å²) in [7, 11) is 0. The summed E-state index contributed by atoms with van der Waals surface area (Å²) in [6.45, 7) is 4.27. The summed E-state index contributed by atoms with van der Waals surface area (Å²) in [5, 5.41) is 6.36. The molecule has 2 aromatic carbocycles. The lowest BCUT2D eigenvalue weighted by Gasteiger charge is -2.16. The molecule has 3 nitrogen and oxygen atoms in total. The highest BCUT2D eigenvalue weighted by molar-refractivity contribution is 5.98. The van der Waals surface area contributed by atoms with Gasteiger partial charge in [-0.1, -0.05) is 50.2 Å². The van der Waals surface area contributed by atoms with Gasteiger partial charge in [0.05, 0.1) is 0 Å². The molecule has 0 unspecified atom stereocenters. The van der Waals surface area contributed by atoms with Crippen LogP contribution in [0.2, 0.25) is 0 Å². The smallest absolute Gasteiger partial charge is 0.247 e. The molecule has 0 bridgehead atoms. The van der Waals surface area contributed by atoms with Crippen molar-refractivity contribution in [3.05, 3.63) is 59.7 Å². The fraction of sp³-hybridized carbons (Fsp3) is 0.278. The van der Waals surface area contributed by atoms with Crippen molar-refractivity contribution in [2.75, 3.05) is 10.6 Å². The molecule has 1 amide bonds. The van der Waals surface area contributed by atoms with Gasteiger partial charge in [-0.25, -0.2) is 0 Å². The molecule has 0 aromatic heterocycles. The molecule has 3 rings (SSSR count). The van der Waals surface area contributed by atoms with Crippen LogP contribution < -0.4 is 10.6 Å². The van der Waals surface area contributed by atoms with Crippen LogP contribution in [0.4, 0.5) is 11.4 Å². The molecule has 3 heteroatoms. The third-order valence-electron chi connectivity index (χ3n) is 3.93.